The molecule has 18 heavy (non-hydrogen) atoms. The molecule has 0 amide bonds. The third kappa shape index (κ3) is 1.39. The summed E-state index contributed by atoms with van der Waals surface area (Å²) in [5.74, 6) is 4.11. The monoisotopic (exact) mass is 246 g/mol. The fourth-order valence-electron chi connectivity index (χ4n) is 5.30. The lowest BCUT2D eigenvalue weighted by atomic mass is 9.49. The van der Waals surface area contributed by atoms with Crippen LogP contribution in [-0.2, 0) is 11.8 Å². The summed E-state index contributed by atoms with van der Waals surface area (Å²) in [4.78, 5) is 7.90. The third-order valence-corrected chi connectivity index (χ3v) is 5.65. The summed E-state index contributed by atoms with van der Waals surface area (Å²) in [6, 6.07) is 0. The molecule has 4 aliphatic carbocycles. The second-order valence-corrected chi connectivity index (χ2v) is 6.94. The quantitative estimate of drug-likeness (QED) is 0.842. The first-order chi connectivity index (χ1) is 8.68. The standard InChI is InChI=1S/C15H22N2O/c1-2-12-13(18)17-14(16-12)15-6-9-3-10(7-15)5-11(4-9)8-15/h9-11,18H,2-8H2,1H3,(H,16,17). The molecule has 4 bridgehead atoms. The van der Waals surface area contributed by atoms with Crippen molar-refractivity contribution in [1.29, 1.82) is 0 Å². The number of aryl methyl sites for hydroxylation is 1. The van der Waals surface area contributed by atoms with Crippen molar-refractivity contribution in [2.24, 2.45) is 17.8 Å². The molecule has 0 atom stereocenters. The zero-order chi connectivity index (χ0) is 12.3. The minimum Gasteiger partial charge on any atom is -0.492 e. The van der Waals surface area contributed by atoms with E-state index in [2.05, 4.69) is 16.9 Å². The van der Waals surface area contributed by atoms with Crippen LogP contribution in [0.4, 0.5) is 0 Å². The Morgan fingerprint density at radius 3 is 2.17 bits per heavy atom. The highest BCUT2D eigenvalue weighted by atomic mass is 16.3. The van der Waals surface area contributed by atoms with Gasteiger partial charge in [-0.2, -0.15) is 4.98 Å². The molecule has 0 aliphatic heterocycles. The maximum atomic E-state index is 9.89. The topological polar surface area (TPSA) is 48.9 Å². The molecule has 0 unspecified atom stereocenters. The Labute approximate surface area is 108 Å². The van der Waals surface area contributed by atoms with Crippen molar-refractivity contribution < 1.29 is 5.11 Å². The first-order valence-corrected chi connectivity index (χ1v) is 7.47. The number of aromatic hydroxyl groups is 1. The first kappa shape index (κ1) is 10.9. The van der Waals surface area contributed by atoms with Crippen LogP contribution in [-0.4, -0.2) is 15.1 Å². The van der Waals surface area contributed by atoms with Gasteiger partial charge in [0.25, 0.3) is 0 Å². The Kier molecular flexibility index (Phi) is 2.13. The van der Waals surface area contributed by atoms with Gasteiger partial charge in [-0.05, 0) is 62.7 Å². The van der Waals surface area contributed by atoms with Crippen LogP contribution < -0.4 is 0 Å². The number of H-pyrrole nitrogens is 1. The largest absolute Gasteiger partial charge is 0.492 e. The van der Waals surface area contributed by atoms with Crippen molar-refractivity contribution >= 4 is 0 Å². The van der Waals surface area contributed by atoms with Crippen molar-refractivity contribution in [3.63, 3.8) is 0 Å². The third-order valence-electron chi connectivity index (χ3n) is 5.65. The Morgan fingerprint density at radius 1 is 1.17 bits per heavy atom. The molecule has 4 saturated carbocycles. The predicted octanol–water partition coefficient (Wildman–Crippen LogP) is 3.15. The van der Waals surface area contributed by atoms with E-state index < -0.39 is 0 Å². The average molecular weight is 246 g/mol. The van der Waals surface area contributed by atoms with Gasteiger partial charge in [0.05, 0.1) is 5.69 Å². The molecule has 4 fully saturated rings. The lowest BCUT2D eigenvalue weighted by Crippen LogP contribution is -2.49. The van der Waals surface area contributed by atoms with E-state index in [-0.39, 0.29) is 11.3 Å². The van der Waals surface area contributed by atoms with Crippen molar-refractivity contribution in [2.75, 3.05) is 0 Å². The second-order valence-electron chi connectivity index (χ2n) is 6.94. The fraction of sp³-hybridized carbons (Fsp3) is 0.800. The molecule has 1 aromatic heterocycles. The SMILES string of the molecule is CCc1[nH]c(C23CC4CC(CC(C4)C2)C3)nc1O. The lowest BCUT2D eigenvalue weighted by molar-refractivity contribution is -0.00915. The van der Waals surface area contributed by atoms with Gasteiger partial charge in [0, 0.05) is 5.41 Å². The average Bonchev–Trinajstić information content (AvgIpc) is 2.69. The normalized spacial score (nSPS) is 41.5. The lowest BCUT2D eigenvalue weighted by Gasteiger charge is -2.55. The summed E-state index contributed by atoms with van der Waals surface area (Å²) in [7, 11) is 0. The van der Waals surface area contributed by atoms with Crippen LogP contribution in [0, 0.1) is 17.8 Å². The number of aromatic nitrogens is 2. The van der Waals surface area contributed by atoms with Gasteiger partial charge in [-0.15, -0.1) is 0 Å². The number of nitrogens with zero attached hydrogens (tertiary/aromatic N) is 1. The summed E-state index contributed by atoms with van der Waals surface area (Å²) < 4.78 is 0. The summed E-state index contributed by atoms with van der Waals surface area (Å²) in [6.07, 6.45) is 9.09. The Balaban J connectivity index is 1.74. The van der Waals surface area contributed by atoms with Gasteiger partial charge in [0.1, 0.15) is 5.82 Å². The number of imidazole rings is 1. The van der Waals surface area contributed by atoms with Crippen molar-refractivity contribution in [3.8, 4) is 5.88 Å². The van der Waals surface area contributed by atoms with E-state index in [1.807, 2.05) is 0 Å². The highest BCUT2D eigenvalue weighted by Crippen LogP contribution is 2.60. The Morgan fingerprint density at radius 2 is 1.72 bits per heavy atom. The molecule has 0 radical (unpaired) electrons. The van der Waals surface area contributed by atoms with E-state index in [0.717, 1.165) is 35.7 Å². The molecule has 98 valence electrons. The molecule has 0 saturated heterocycles. The molecule has 3 nitrogen and oxygen atoms in total. The molecular weight excluding hydrogens is 224 g/mol. The number of aromatic amines is 1. The molecule has 5 rings (SSSR count). The van der Waals surface area contributed by atoms with E-state index in [4.69, 9.17) is 0 Å². The fourth-order valence-corrected chi connectivity index (χ4v) is 5.30. The van der Waals surface area contributed by atoms with Gasteiger partial charge in [0.2, 0.25) is 5.88 Å². The van der Waals surface area contributed by atoms with Crippen LogP contribution in [0.15, 0.2) is 0 Å². The van der Waals surface area contributed by atoms with E-state index in [1.54, 1.807) is 0 Å². The van der Waals surface area contributed by atoms with Crippen molar-refractivity contribution in [1.82, 2.24) is 9.97 Å². The molecule has 3 heteroatoms. The van der Waals surface area contributed by atoms with Crippen molar-refractivity contribution in [2.45, 2.75) is 57.3 Å². The van der Waals surface area contributed by atoms with E-state index >= 15 is 0 Å². The second kappa shape index (κ2) is 3.52. The maximum absolute atomic E-state index is 9.89. The van der Waals surface area contributed by atoms with E-state index in [1.165, 1.54) is 38.5 Å². The van der Waals surface area contributed by atoms with Crippen LogP contribution in [0.1, 0.15) is 57.0 Å². The van der Waals surface area contributed by atoms with Gasteiger partial charge >= 0.3 is 0 Å². The number of rotatable bonds is 2. The minimum atomic E-state index is 0.239. The molecular formula is C15H22N2O. The summed E-state index contributed by atoms with van der Waals surface area (Å²) >= 11 is 0. The number of hydrogen-bond donors (Lipinski definition) is 2. The smallest absolute Gasteiger partial charge is 0.232 e. The molecule has 4 aliphatic rings. The first-order valence-electron chi connectivity index (χ1n) is 7.47. The predicted molar refractivity (Wildman–Crippen MR) is 69.5 cm³/mol. The molecule has 2 N–H and O–H groups in total. The van der Waals surface area contributed by atoms with E-state index in [0.29, 0.717) is 0 Å². The van der Waals surface area contributed by atoms with Gasteiger partial charge in [-0.25, -0.2) is 0 Å². The zero-order valence-corrected chi connectivity index (χ0v) is 11.1. The molecule has 0 spiro atoms. The van der Waals surface area contributed by atoms with Crippen LogP contribution >= 0.6 is 0 Å². The van der Waals surface area contributed by atoms with E-state index in [9.17, 15) is 5.11 Å². The van der Waals surface area contributed by atoms with Gasteiger partial charge < -0.3 is 10.1 Å². The number of nitrogens with one attached hydrogen (secondary N) is 1. The van der Waals surface area contributed by atoms with Crippen LogP contribution in [0.3, 0.4) is 0 Å². The summed E-state index contributed by atoms with van der Waals surface area (Å²) in [5.41, 5.74) is 1.19. The minimum absolute atomic E-state index is 0.239. The van der Waals surface area contributed by atoms with Gasteiger partial charge in [-0.1, -0.05) is 6.92 Å². The Bertz CT molecular complexity index is 442. The maximum Gasteiger partial charge on any atom is 0.232 e. The molecule has 0 aromatic carbocycles. The van der Waals surface area contributed by atoms with Gasteiger partial charge in [0.15, 0.2) is 0 Å². The summed E-state index contributed by atoms with van der Waals surface area (Å²) in [6.45, 7) is 2.07. The van der Waals surface area contributed by atoms with Crippen LogP contribution in [0.25, 0.3) is 0 Å². The molecule has 1 heterocycles. The summed E-state index contributed by atoms with van der Waals surface area (Å²) in [5, 5.41) is 9.89. The Hall–Kier alpha value is -0.990. The van der Waals surface area contributed by atoms with Crippen molar-refractivity contribution in [3.05, 3.63) is 11.5 Å². The highest BCUT2D eigenvalue weighted by molar-refractivity contribution is 5.26. The van der Waals surface area contributed by atoms with Gasteiger partial charge in [-0.3, -0.25) is 0 Å². The molecule has 1 aromatic rings. The zero-order valence-electron chi connectivity index (χ0n) is 11.1. The number of hydrogen-bond acceptors (Lipinski definition) is 2. The highest BCUT2D eigenvalue weighted by Gasteiger charge is 2.53. The van der Waals surface area contributed by atoms with Crippen LogP contribution in [0.2, 0.25) is 0 Å². The van der Waals surface area contributed by atoms with Crippen LogP contribution in [0.5, 0.6) is 5.88 Å².